The lowest BCUT2D eigenvalue weighted by molar-refractivity contribution is -0.141. The van der Waals surface area contributed by atoms with Crippen LogP contribution in [-0.4, -0.2) is 15.6 Å². The molecule has 100 valence electrons. The van der Waals surface area contributed by atoms with E-state index in [1.165, 1.54) is 12.3 Å². The Kier molecular flexibility index (Phi) is 3.36. The number of hydrogen-bond donors (Lipinski definition) is 2. The number of aromatic nitrogens is 2. The van der Waals surface area contributed by atoms with E-state index in [1.54, 1.807) is 12.1 Å². The molecule has 0 atom stereocenters. The fourth-order valence-electron chi connectivity index (χ4n) is 1.58. The maximum atomic E-state index is 12.5. The Morgan fingerprint density at radius 2 is 2.00 bits per heavy atom. The first kappa shape index (κ1) is 13.6. The molecule has 1 heterocycles. The third kappa shape index (κ3) is 2.62. The number of nitrogens with two attached hydrogens (primary N) is 1. The van der Waals surface area contributed by atoms with Crippen LogP contribution in [0.5, 0.6) is 0 Å². The van der Waals surface area contributed by atoms with Gasteiger partial charge in [0.2, 0.25) is 0 Å². The van der Waals surface area contributed by atoms with Crippen molar-refractivity contribution >= 4 is 21.8 Å². The molecule has 0 bridgehead atoms. The third-order valence-corrected chi connectivity index (χ3v) is 3.05. The van der Waals surface area contributed by atoms with Gasteiger partial charge in [0.25, 0.3) is 0 Å². The van der Waals surface area contributed by atoms with E-state index >= 15 is 0 Å². The number of hydrogen-bond acceptors (Lipinski definition) is 2. The summed E-state index contributed by atoms with van der Waals surface area (Å²) in [6, 6.07) is 5.68. The zero-order chi connectivity index (χ0) is 14.2. The van der Waals surface area contributed by atoms with Crippen molar-refractivity contribution in [2.24, 2.45) is 5.73 Å². The highest BCUT2D eigenvalue weighted by molar-refractivity contribution is 9.10. The Morgan fingerprint density at radius 3 is 2.53 bits per heavy atom. The highest BCUT2D eigenvalue weighted by Crippen LogP contribution is 2.29. The van der Waals surface area contributed by atoms with Gasteiger partial charge in [-0.15, -0.1) is 0 Å². The van der Waals surface area contributed by atoms with Gasteiger partial charge in [-0.2, -0.15) is 18.3 Å². The predicted octanol–water partition coefficient (Wildman–Crippen LogP) is 2.94. The molecule has 0 aliphatic rings. The molecular formula is C11H8BrF3N4. The van der Waals surface area contributed by atoms with Crippen molar-refractivity contribution in [3.05, 3.63) is 46.2 Å². The predicted molar refractivity (Wildman–Crippen MR) is 67.3 cm³/mol. The zero-order valence-electron chi connectivity index (χ0n) is 9.37. The molecular weight excluding hydrogens is 325 g/mol. The summed E-state index contributed by atoms with van der Waals surface area (Å²) < 4.78 is 39.1. The first-order valence-electron chi connectivity index (χ1n) is 5.07. The minimum absolute atomic E-state index is 0.258. The van der Waals surface area contributed by atoms with E-state index in [0.717, 1.165) is 10.7 Å². The number of benzene rings is 1. The maximum absolute atomic E-state index is 12.5. The number of alkyl halides is 3. The van der Waals surface area contributed by atoms with Gasteiger partial charge in [0, 0.05) is 10.7 Å². The van der Waals surface area contributed by atoms with Crippen molar-refractivity contribution < 1.29 is 13.2 Å². The van der Waals surface area contributed by atoms with E-state index in [4.69, 9.17) is 11.1 Å². The van der Waals surface area contributed by atoms with Gasteiger partial charge in [-0.05, 0) is 34.1 Å². The lowest BCUT2D eigenvalue weighted by Gasteiger charge is -2.10. The van der Waals surface area contributed by atoms with Crippen molar-refractivity contribution in [1.29, 1.82) is 5.41 Å². The zero-order valence-corrected chi connectivity index (χ0v) is 11.0. The van der Waals surface area contributed by atoms with E-state index in [2.05, 4.69) is 21.0 Å². The topological polar surface area (TPSA) is 67.7 Å². The summed E-state index contributed by atoms with van der Waals surface area (Å²) in [6.07, 6.45) is -3.33. The van der Waals surface area contributed by atoms with Crippen LogP contribution >= 0.6 is 15.9 Å². The molecule has 0 amide bonds. The summed E-state index contributed by atoms with van der Waals surface area (Å²) in [6.45, 7) is 0. The van der Waals surface area contributed by atoms with Gasteiger partial charge in [-0.1, -0.05) is 6.07 Å². The van der Waals surface area contributed by atoms with Crippen molar-refractivity contribution in [3.8, 4) is 5.69 Å². The fraction of sp³-hybridized carbons (Fsp3) is 0.0909. The van der Waals surface area contributed by atoms with Gasteiger partial charge >= 0.3 is 6.18 Å². The number of nitrogens with one attached hydrogen (secondary N) is 1. The number of amidine groups is 1. The first-order valence-corrected chi connectivity index (χ1v) is 5.86. The second-order valence-corrected chi connectivity index (χ2v) is 4.55. The van der Waals surface area contributed by atoms with Gasteiger partial charge in [0.05, 0.1) is 11.3 Å². The molecule has 0 radical (unpaired) electrons. The van der Waals surface area contributed by atoms with Crippen LogP contribution in [0.2, 0.25) is 0 Å². The molecule has 0 spiro atoms. The molecule has 0 aliphatic carbocycles. The Morgan fingerprint density at radius 1 is 1.32 bits per heavy atom. The summed E-state index contributed by atoms with van der Waals surface area (Å²) in [4.78, 5) is 0. The number of nitrogens with zero attached hydrogens (tertiary/aromatic N) is 2. The maximum Gasteiger partial charge on any atom is 0.435 e. The monoisotopic (exact) mass is 332 g/mol. The fourth-order valence-corrected chi connectivity index (χ4v) is 2.15. The van der Waals surface area contributed by atoms with Crippen LogP contribution in [0.4, 0.5) is 13.2 Å². The SMILES string of the molecule is N=C(N)c1c(Br)cccc1-n1ccc(C(F)(F)F)n1. The summed E-state index contributed by atoms with van der Waals surface area (Å²) in [5.41, 5.74) is 5.03. The largest absolute Gasteiger partial charge is 0.435 e. The molecule has 2 aromatic rings. The Labute approximate surface area is 114 Å². The van der Waals surface area contributed by atoms with Gasteiger partial charge in [0.1, 0.15) is 5.84 Å². The Hall–Kier alpha value is -1.83. The molecule has 3 N–H and O–H groups in total. The second-order valence-electron chi connectivity index (χ2n) is 3.69. The van der Waals surface area contributed by atoms with Crippen LogP contribution < -0.4 is 5.73 Å². The minimum Gasteiger partial charge on any atom is -0.384 e. The second kappa shape index (κ2) is 4.69. The van der Waals surface area contributed by atoms with Gasteiger partial charge < -0.3 is 5.73 Å². The molecule has 1 aromatic heterocycles. The van der Waals surface area contributed by atoms with E-state index < -0.39 is 11.9 Å². The van der Waals surface area contributed by atoms with Gasteiger partial charge in [0.15, 0.2) is 5.69 Å². The standard InChI is InChI=1S/C11H8BrF3N4/c12-6-2-1-3-7(9(6)10(16)17)19-5-4-8(18-19)11(13,14)15/h1-5H,(H3,16,17). The van der Waals surface area contributed by atoms with Crippen LogP contribution in [0.1, 0.15) is 11.3 Å². The minimum atomic E-state index is -4.51. The van der Waals surface area contributed by atoms with Crippen molar-refractivity contribution in [1.82, 2.24) is 9.78 Å². The number of rotatable bonds is 2. The molecule has 19 heavy (non-hydrogen) atoms. The van der Waals surface area contributed by atoms with Crippen molar-refractivity contribution in [2.45, 2.75) is 6.18 Å². The lowest BCUT2D eigenvalue weighted by atomic mass is 10.1. The van der Waals surface area contributed by atoms with Crippen LogP contribution in [-0.2, 0) is 6.18 Å². The van der Waals surface area contributed by atoms with Gasteiger partial charge in [-0.3, -0.25) is 5.41 Å². The van der Waals surface area contributed by atoms with Crippen LogP contribution in [0.3, 0.4) is 0 Å². The molecule has 4 nitrogen and oxygen atoms in total. The highest BCUT2D eigenvalue weighted by atomic mass is 79.9. The molecule has 1 aromatic carbocycles. The molecule has 0 aliphatic heterocycles. The number of nitrogen functional groups attached to an aromatic ring is 1. The van der Waals surface area contributed by atoms with E-state index in [9.17, 15) is 13.2 Å². The first-order chi connectivity index (χ1) is 8.80. The molecule has 0 fully saturated rings. The Bertz CT molecular complexity index is 633. The normalized spacial score (nSPS) is 11.6. The highest BCUT2D eigenvalue weighted by Gasteiger charge is 2.33. The van der Waals surface area contributed by atoms with E-state index in [0.29, 0.717) is 15.7 Å². The molecule has 0 unspecified atom stereocenters. The Balaban J connectivity index is 2.57. The van der Waals surface area contributed by atoms with E-state index in [-0.39, 0.29) is 5.84 Å². The summed E-state index contributed by atoms with van der Waals surface area (Å²) in [7, 11) is 0. The third-order valence-electron chi connectivity index (χ3n) is 2.39. The van der Waals surface area contributed by atoms with Crippen LogP contribution in [0.25, 0.3) is 5.69 Å². The van der Waals surface area contributed by atoms with E-state index in [1.807, 2.05) is 0 Å². The summed E-state index contributed by atoms with van der Waals surface area (Å²) in [5, 5.41) is 10.9. The van der Waals surface area contributed by atoms with Crippen molar-refractivity contribution in [3.63, 3.8) is 0 Å². The average molecular weight is 333 g/mol. The molecule has 0 saturated heterocycles. The van der Waals surface area contributed by atoms with Gasteiger partial charge in [-0.25, -0.2) is 4.68 Å². The summed E-state index contributed by atoms with van der Waals surface area (Å²) >= 11 is 3.21. The average Bonchev–Trinajstić information content (AvgIpc) is 2.76. The van der Waals surface area contributed by atoms with Crippen LogP contribution in [0, 0.1) is 5.41 Å². The van der Waals surface area contributed by atoms with Crippen molar-refractivity contribution in [2.75, 3.05) is 0 Å². The number of halogens is 4. The quantitative estimate of drug-likeness (QED) is 0.655. The smallest absolute Gasteiger partial charge is 0.384 e. The molecule has 8 heteroatoms. The van der Waals surface area contributed by atoms with Crippen LogP contribution in [0.15, 0.2) is 34.9 Å². The molecule has 0 saturated carbocycles. The summed E-state index contributed by atoms with van der Waals surface area (Å²) in [5.74, 6) is -0.258. The lowest BCUT2D eigenvalue weighted by Crippen LogP contribution is -2.16. The molecule has 2 rings (SSSR count).